The van der Waals surface area contributed by atoms with Gasteiger partial charge >= 0.3 is 18.4 Å². The van der Waals surface area contributed by atoms with E-state index in [2.05, 4.69) is 19.4 Å². The summed E-state index contributed by atoms with van der Waals surface area (Å²) in [5.74, 6) is -1.13. The molecule has 2 amide bonds. The fraction of sp³-hybridized carbons (Fsp3) is 0.727. The van der Waals surface area contributed by atoms with Gasteiger partial charge in [-0.25, -0.2) is 14.5 Å². The van der Waals surface area contributed by atoms with E-state index in [9.17, 15) is 31.1 Å². The second-order valence-corrected chi connectivity index (χ2v) is 11.9. The summed E-state index contributed by atoms with van der Waals surface area (Å²) in [5, 5.41) is 3.56. The molecular formula is C22H25F6N7OS. The summed E-state index contributed by atoms with van der Waals surface area (Å²) in [5.41, 5.74) is 0.465. The first-order chi connectivity index (χ1) is 17.3. The predicted molar refractivity (Wildman–Crippen MR) is 118 cm³/mol. The Morgan fingerprint density at radius 3 is 2.14 bits per heavy atom. The van der Waals surface area contributed by atoms with Gasteiger partial charge in [0.25, 0.3) is 5.82 Å². The van der Waals surface area contributed by atoms with E-state index in [0.717, 1.165) is 38.3 Å². The summed E-state index contributed by atoms with van der Waals surface area (Å²) >= 11 is 0.482. The highest BCUT2D eigenvalue weighted by Gasteiger charge is 2.57. The number of likely N-dealkylation sites (tertiary alicyclic amines) is 3. The van der Waals surface area contributed by atoms with Crippen LogP contribution in [0, 0.1) is 10.8 Å². The van der Waals surface area contributed by atoms with Gasteiger partial charge < -0.3 is 9.80 Å². The van der Waals surface area contributed by atoms with Gasteiger partial charge in [-0.3, -0.25) is 4.90 Å². The number of carbonyl (C=O) groups is 1. The van der Waals surface area contributed by atoms with Crippen LogP contribution in [0.25, 0.3) is 0 Å². The van der Waals surface area contributed by atoms with Crippen molar-refractivity contribution in [2.24, 2.45) is 10.8 Å². The lowest BCUT2D eigenvalue weighted by Gasteiger charge is -2.61. The van der Waals surface area contributed by atoms with Gasteiger partial charge in [-0.05, 0) is 56.4 Å². The van der Waals surface area contributed by atoms with E-state index in [1.54, 1.807) is 4.90 Å². The Balaban J connectivity index is 0.926. The molecular weight excluding hydrogens is 524 g/mol. The van der Waals surface area contributed by atoms with Crippen LogP contribution in [0.1, 0.15) is 48.1 Å². The Bertz CT molecular complexity index is 1160. The molecule has 2 spiro atoms. The van der Waals surface area contributed by atoms with Crippen LogP contribution >= 0.6 is 11.5 Å². The maximum Gasteiger partial charge on any atom is 0.453 e. The molecule has 0 atom stereocenters. The van der Waals surface area contributed by atoms with Crippen LogP contribution in [0.15, 0.2) is 12.4 Å². The molecule has 202 valence electrons. The number of rotatable bonds is 3. The van der Waals surface area contributed by atoms with Crippen molar-refractivity contribution in [3.8, 4) is 0 Å². The molecule has 0 aromatic carbocycles. The van der Waals surface area contributed by atoms with Crippen LogP contribution < -0.4 is 0 Å². The largest absolute Gasteiger partial charge is 0.453 e. The van der Waals surface area contributed by atoms with E-state index < -0.39 is 23.1 Å². The summed E-state index contributed by atoms with van der Waals surface area (Å²) in [6.07, 6.45) is -4.66. The van der Waals surface area contributed by atoms with Crippen molar-refractivity contribution in [1.82, 2.24) is 33.8 Å². The Labute approximate surface area is 212 Å². The maximum atomic E-state index is 12.9. The minimum absolute atomic E-state index is 0.00407. The number of aromatic nitrogens is 4. The molecule has 0 unspecified atom stereocenters. The van der Waals surface area contributed by atoms with Gasteiger partial charge in [-0.15, -0.1) is 5.10 Å². The molecule has 5 heterocycles. The monoisotopic (exact) mass is 549 g/mol. The summed E-state index contributed by atoms with van der Waals surface area (Å²) in [4.78, 5) is 21.4. The second-order valence-electron chi connectivity index (χ2n) is 11.1. The van der Waals surface area contributed by atoms with Gasteiger partial charge in [-0.2, -0.15) is 30.7 Å². The summed E-state index contributed by atoms with van der Waals surface area (Å²) in [6.45, 7) is 4.48. The maximum absolute atomic E-state index is 12.9. The fourth-order valence-electron chi connectivity index (χ4n) is 6.21. The summed E-state index contributed by atoms with van der Waals surface area (Å²) in [7, 11) is 0. The molecule has 8 nitrogen and oxygen atoms in total. The van der Waals surface area contributed by atoms with E-state index >= 15 is 0 Å². The smallest absolute Gasteiger partial charge is 0.323 e. The Morgan fingerprint density at radius 1 is 0.973 bits per heavy atom. The van der Waals surface area contributed by atoms with E-state index in [0.29, 0.717) is 62.8 Å². The van der Waals surface area contributed by atoms with Crippen LogP contribution in [0.4, 0.5) is 31.1 Å². The number of carbonyl (C=O) groups excluding carboxylic acids is 1. The minimum atomic E-state index is -4.56. The molecule has 2 aromatic rings. The quantitative estimate of drug-likeness (QED) is 0.539. The third-order valence-electron chi connectivity index (χ3n) is 8.26. The predicted octanol–water partition coefficient (Wildman–Crippen LogP) is 4.13. The number of halogens is 6. The Hall–Kier alpha value is -2.42. The highest BCUT2D eigenvalue weighted by Crippen LogP contribution is 2.54. The molecule has 0 bridgehead atoms. The van der Waals surface area contributed by atoms with Crippen molar-refractivity contribution in [3.05, 3.63) is 28.8 Å². The van der Waals surface area contributed by atoms with Crippen LogP contribution in [0.5, 0.6) is 0 Å². The summed E-state index contributed by atoms with van der Waals surface area (Å²) < 4.78 is 81.8. The van der Waals surface area contributed by atoms with E-state index in [-0.39, 0.29) is 22.9 Å². The normalized spacial score (nSPS) is 23.7. The molecule has 6 rings (SSSR count). The third-order valence-corrected chi connectivity index (χ3v) is 9.13. The zero-order chi connectivity index (χ0) is 26.2. The number of nitrogens with zero attached hydrogens (tertiary/aromatic N) is 7. The number of hydrogen-bond acceptors (Lipinski definition) is 6. The molecule has 3 aliphatic heterocycles. The van der Waals surface area contributed by atoms with Gasteiger partial charge in [0, 0.05) is 43.6 Å². The highest BCUT2D eigenvalue weighted by atomic mass is 32.1. The molecule has 4 aliphatic rings. The number of urea groups is 1. The standard InChI is InChI=1S/C22H25F6N7OS/c23-21(24,25)16-5-14(31-37-16)8-32-3-1-19(2-4-32)9-33(10-19)18(36)34-11-20(12-34)6-15(7-20)35-13-29-17(30-35)22(26,27)28/h5,13,15H,1-4,6-12H2. The van der Waals surface area contributed by atoms with E-state index in [1.807, 2.05) is 4.90 Å². The zero-order valence-corrected chi connectivity index (χ0v) is 20.5. The van der Waals surface area contributed by atoms with Gasteiger partial charge in [0.2, 0.25) is 0 Å². The molecule has 15 heteroatoms. The number of alkyl halides is 6. The third kappa shape index (κ3) is 4.57. The van der Waals surface area contributed by atoms with Crippen molar-refractivity contribution in [1.29, 1.82) is 0 Å². The molecule has 2 aromatic heterocycles. The Kier molecular flexibility index (Phi) is 5.58. The topological polar surface area (TPSA) is 70.4 Å². The molecule has 4 fully saturated rings. The fourth-order valence-corrected chi connectivity index (χ4v) is 6.83. The highest BCUT2D eigenvalue weighted by molar-refractivity contribution is 7.05. The van der Waals surface area contributed by atoms with Crippen molar-refractivity contribution >= 4 is 17.6 Å². The van der Waals surface area contributed by atoms with E-state index in [4.69, 9.17) is 0 Å². The lowest BCUT2D eigenvalue weighted by atomic mass is 9.60. The molecule has 1 aliphatic carbocycles. The van der Waals surface area contributed by atoms with Gasteiger partial charge in [0.05, 0.1) is 11.7 Å². The second kappa shape index (κ2) is 8.29. The zero-order valence-electron chi connectivity index (χ0n) is 19.7. The molecule has 3 saturated heterocycles. The first-order valence-electron chi connectivity index (χ1n) is 12.1. The molecule has 37 heavy (non-hydrogen) atoms. The Morgan fingerprint density at radius 2 is 1.59 bits per heavy atom. The first kappa shape index (κ1) is 24.9. The average molecular weight is 550 g/mol. The SMILES string of the molecule is O=C(N1CC2(CCN(Cc3cc(C(F)(F)F)sn3)CC2)C1)N1CC2(CC(n3cnc(C(F)(F)F)n3)C2)C1. The lowest BCUT2D eigenvalue weighted by molar-refractivity contribution is -0.145. The van der Waals surface area contributed by atoms with Crippen molar-refractivity contribution in [3.63, 3.8) is 0 Å². The van der Waals surface area contributed by atoms with Crippen molar-refractivity contribution in [2.75, 3.05) is 39.3 Å². The van der Waals surface area contributed by atoms with Gasteiger partial charge in [-0.1, -0.05) is 0 Å². The first-order valence-corrected chi connectivity index (χ1v) is 12.9. The lowest BCUT2D eigenvalue weighted by Crippen LogP contribution is -2.70. The van der Waals surface area contributed by atoms with Gasteiger partial charge in [0.1, 0.15) is 11.2 Å². The molecule has 1 saturated carbocycles. The average Bonchev–Trinajstić information content (AvgIpc) is 3.40. The van der Waals surface area contributed by atoms with Crippen LogP contribution in [-0.2, 0) is 18.9 Å². The minimum Gasteiger partial charge on any atom is -0.323 e. The van der Waals surface area contributed by atoms with Crippen LogP contribution in [0.2, 0.25) is 0 Å². The van der Waals surface area contributed by atoms with E-state index in [1.165, 1.54) is 4.68 Å². The van der Waals surface area contributed by atoms with Gasteiger partial charge in [0.15, 0.2) is 0 Å². The van der Waals surface area contributed by atoms with Crippen molar-refractivity contribution in [2.45, 2.75) is 50.6 Å². The number of hydrogen-bond donors (Lipinski definition) is 0. The van der Waals surface area contributed by atoms with Crippen LogP contribution in [0.3, 0.4) is 0 Å². The number of amides is 2. The van der Waals surface area contributed by atoms with Crippen LogP contribution in [-0.4, -0.2) is 79.1 Å². The summed E-state index contributed by atoms with van der Waals surface area (Å²) in [6, 6.07) is 1.00. The van der Waals surface area contributed by atoms with Crippen molar-refractivity contribution < 1.29 is 31.1 Å². The number of piperidine rings is 1. The molecule has 0 N–H and O–H groups in total. The molecule has 0 radical (unpaired) electrons.